The first-order valence-corrected chi connectivity index (χ1v) is 15.1. The van der Waals surface area contributed by atoms with Gasteiger partial charge in [-0.25, -0.2) is 4.39 Å². The molecule has 0 unspecified atom stereocenters. The molecule has 0 spiro atoms. The fraction of sp³-hybridized carbons (Fsp3) is 0.621. The molecular weight excluding hydrogens is 463 g/mol. The Kier molecular flexibility index (Phi) is 17.3. The highest BCUT2D eigenvalue weighted by atomic mass is 32.2. The Morgan fingerprint density at radius 1 is 0.914 bits per heavy atom. The second-order valence-corrected chi connectivity index (χ2v) is 11.0. The molecule has 0 aliphatic heterocycles. The van der Waals surface area contributed by atoms with E-state index in [4.69, 9.17) is 4.18 Å². The molecule has 0 saturated carbocycles. The highest BCUT2D eigenvalue weighted by Crippen LogP contribution is 2.16. The number of ketones is 1. The number of allylic oxidation sites excluding steroid dienone is 2. The van der Waals surface area contributed by atoms with E-state index in [1.165, 1.54) is 63.5 Å². The number of Topliss-reactive ketones (excluding diaryl/α,β-unsaturated/α-hetero) is 1. The smallest absolute Gasteiger partial charge is 0.264 e. The van der Waals surface area contributed by atoms with Gasteiger partial charge < -0.3 is 0 Å². The minimum Gasteiger partial charge on any atom is -0.299 e. The van der Waals surface area contributed by atoms with Crippen molar-refractivity contribution in [3.05, 3.63) is 53.9 Å². The molecule has 1 aromatic carbocycles. The standard InChI is InChI=1S/C29H45FO4S/c1-3-18-27-25-28(30)23-22-26(27)19-17-21-29(31)20-15-13-11-9-7-5-4-6-8-10-12-14-16-24-34-35(2,32)33/h3,17,19,22-23,25H,1,4-16,18,20-21,24H2,2H3/b19-17+. The van der Waals surface area contributed by atoms with Gasteiger partial charge in [-0.15, -0.1) is 6.58 Å². The fourth-order valence-corrected chi connectivity index (χ4v) is 4.49. The first-order valence-electron chi connectivity index (χ1n) is 13.2. The summed E-state index contributed by atoms with van der Waals surface area (Å²) in [7, 11) is -3.29. The summed E-state index contributed by atoms with van der Waals surface area (Å²) in [5.41, 5.74) is 1.83. The normalized spacial score (nSPS) is 11.8. The van der Waals surface area contributed by atoms with E-state index < -0.39 is 10.1 Å². The summed E-state index contributed by atoms with van der Waals surface area (Å²) in [4.78, 5) is 12.1. The predicted molar refractivity (Wildman–Crippen MR) is 144 cm³/mol. The van der Waals surface area contributed by atoms with Gasteiger partial charge in [0.25, 0.3) is 10.1 Å². The van der Waals surface area contributed by atoms with Crippen molar-refractivity contribution in [2.75, 3.05) is 12.9 Å². The van der Waals surface area contributed by atoms with Gasteiger partial charge in [0, 0.05) is 12.8 Å². The molecule has 0 aliphatic carbocycles. The molecule has 35 heavy (non-hydrogen) atoms. The third kappa shape index (κ3) is 18.2. The maximum atomic E-state index is 13.4. The van der Waals surface area contributed by atoms with Gasteiger partial charge in [-0.2, -0.15) is 8.42 Å². The number of hydrogen-bond acceptors (Lipinski definition) is 4. The van der Waals surface area contributed by atoms with Gasteiger partial charge in [0.15, 0.2) is 0 Å². The Balaban J connectivity index is 1.93. The summed E-state index contributed by atoms with van der Waals surface area (Å²) in [5.74, 6) is 0.00958. The number of rotatable bonds is 22. The van der Waals surface area contributed by atoms with Crippen LogP contribution in [-0.2, 0) is 25.5 Å². The average molecular weight is 509 g/mol. The quantitative estimate of drug-likeness (QED) is 0.0905. The molecule has 0 fully saturated rings. The van der Waals surface area contributed by atoms with E-state index >= 15 is 0 Å². The lowest BCUT2D eigenvalue weighted by atomic mass is 10.0. The summed E-state index contributed by atoms with van der Waals surface area (Å²) >= 11 is 0. The van der Waals surface area contributed by atoms with Crippen LogP contribution in [-0.4, -0.2) is 27.1 Å². The highest BCUT2D eigenvalue weighted by molar-refractivity contribution is 7.85. The van der Waals surface area contributed by atoms with Crippen molar-refractivity contribution in [1.82, 2.24) is 0 Å². The molecule has 0 aromatic heterocycles. The van der Waals surface area contributed by atoms with Crippen LogP contribution in [0.5, 0.6) is 0 Å². The first-order chi connectivity index (χ1) is 16.8. The molecule has 0 N–H and O–H groups in total. The van der Waals surface area contributed by atoms with Gasteiger partial charge >= 0.3 is 0 Å². The number of unbranched alkanes of at least 4 members (excludes halogenated alkanes) is 12. The molecule has 198 valence electrons. The van der Waals surface area contributed by atoms with Crippen molar-refractivity contribution < 1.29 is 21.8 Å². The fourth-order valence-electron chi connectivity index (χ4n) is 4.07. The van der Waals surface area contributed by atoms with Crippen LogP contribution in [0.3, 0.4) is 0 Å². The molecule has 1 rings (SSSR count). The van der Waals surface area contributed by atoms with Crippen LogP contribution in [0.25, 0.3) is 6.08 Å². The third-order valence-corrected chi connectivity index (χ3v) is 6.60. The summed E-state index contributed by atoms with van der Waals surface area (Å²) in [5, 5.41) is 0. The summed E-state index contributed by atoms with van der Waals surface area (Å²) in [6.45, 7) is 4.02. The van der Waals surface area contributed by atoms with Crippen molar-refractivity contribution in [3.63, 3.8) is 0 Å². The molecule has 1 aromatic rings. The second-order valence-electron chi connectivity index (χ2n) is 9.35. The zero-order valence-electron chi connectivity index (χ0n) is 21.6. The second kappa shape index (κ2) is 19.4. The molecule has 4 nitrogen and oxygen atoms in total. The van der Waals surface area contributed by atoms with Crippen molar-refractivity contribution in [3.8, 4) is 0 Å². The van der Waals surface area contributed by atoms with Crippen molar-refractivity contribution in [2.45, 2.75) is 103 Å². The Morgan fingerprint density at radius 2 is 1.46 bits per heavy atom. The number of carbonyl (C=O) groups is 1. The Morgan fingerprint density at radius 3 is 2.00 bits per heavy atom. The van der Waals surface area contributed by atoms with Crippen molar-refractivity contribution >= 4 is 22.0 Å². The molecule has 0 saturated heterocycles. The van der Waals surface area contributed by atoms with Gasteiger partial charge in [0.2, 0.25) is 0 Å². The zero-order valence-corrected chi connectivity index (χ0v) is 22.4. The molecule has 0 heterocycles. The van der Waals surface area contributed by atoms with E-state index in [-0.39, 0.29) is 11.6 Å². The number of carbonyl (C=O) groups excluding carboxylic acids is 1. The van der Waals surface area contributed by atoms with Crippen LogP contribution in [0.2, 0.25) is 0 Å². The lowest BCUT2D eigenvalue weighted by Crippen LogP contribution is -2.03. The van der Waals surface area contributed by atoms with E-state index in [1.807, 2.05) is 12.2 Å². The Bertz CT molecular complexity index is 861. The van der Waals surface area contributed by atoms with Crippen LogP contribution in [0, 0.1) is 5.82 Å². The van der Waals surface area contributed by atoms with E-state index in [9.17, 15) is 17.6 Å². The topological polar surface area (TPSA) is 60.4 Å². The Hall–Kier alpha value is -1.79. The number of benzene rings is 1. The van der Waals surface area contributed by atoms with Crippen molar-refractivity contribution in [1.29, 1.82) is 0 Å². The van der Waals surface area contributed by atoms with Gasteiger partial charge in [0.05, 0.1) is 12.9 Å². The average Bonchev–Trinajstić information content (AvgIpc) is 2.79. The van der Waals surface area contributed by atoms with Gasteiger partial charge in [0.1, 0.15) is 11.6 Å². The van der Waals surface area contributed by atoms with E-state index in [0.717, 1.165) is 49.5 Å². The van der Waals surface area contributed by atoms with Crippen LogP contribution in [0.4, 0.5) is 4.39 Å². The largest absolute Gasteiger partial charge is 0.299 e. The molecule has 6 heteroatoms. The zero-order chi connectivity index (χ0) is 25.8. The molecular formula is C29H45FO4S. The van der Waals surface area contributed by atoms with Crippen LogP contribution >= 0.6 is 0 Å². The predicted octanol–water partition coefficient (Wildman–Crippen LogP) is 7.96. The summed E-state index contributed by atoms with van der Waals surface area (Å²) in [6.07, 6.45) is 23.4. The number of hydrogen-bond donors (Lipinski definition) is 0. The van der Waals surface area contributed by atoms with Crippen molar-refractivity contribution in [2.24, 2.45) is 0 Å². The van der Waals surface area contributed by atoms with Crippen LogP contribution in [0.1, 0.15) is 107 Å². The highest BCUT2D eigenvalue weighted by Gasteiger charge is 2.03. The van der Waals surface area contributed by atoms with E-state index in [0.29, 0.717) is 25.9 Å². The van der Waals surface area contributed by atoms with Crippen LogP contribution < -0.4 is 0 Å². The SMILES string of the molecule is C=CCc1cc(F)ccc1/C=C/CC(=O)CCCCCCCCCCCCCCCOS(C)(=O)=O. The lowest BCUT2D eigenvalue weighted by Gasteiger charge is -2.04. The summed E-state index contributed by atoms with van der Waals surface area (Å²) < 4.78 is 39.8. The molecule has 0 amide bonds. The minimum absolute atomic E-state index is 0.251. The molecule has 0 radical (unpaired) electrons. The maximum absolute atomic E-state index is 13.4. The summed E-state index contributed by atoms with van der Waals surface area (Å²) in [6, 6.07) is 4.71. The first kappa shape index (κ1) is 31.2. The third-order valence-electron chi connectivity index (χ3n) is 6.01. The van der Waals surface area contributed by atoms with Gasteiger partial charge in [-0.05, 0) is 42.5 Å². The van der Waals surface area contributed by atoms with Gasteiger partial charge in [-0.3, -0.25) is 8.98 Å². The molecule has 0 atom stereocenters. The lowest BCUT2D eigenvalue weighted by molar-refractivity contribution is -0.118. The van der Waals surface area contributed by atoms with Crippen LogP contribution in [0.15, 0.2) is 36.9 Å². The van der Waals surface area contributed by atoms with E-state index in [2.05, 4.69) is 6.58 Å². The monoisotopic (exact) mass is 508 g/mol. The number of halogens is 1. The molecule has 0 bridgehead atoms. The van der Waals surface area contributed by atoms with E-state index in [1.54, 1.807) is 12.1 Å². The van der Waals surface area contributed by atoms with Gasteiger partial charge in [-0.1, -0.05) is 94.9 Å². The maximum Gasteiger partial charge on any atom is 0.264 e. The minimum atomic E-state index is -3.29. The molecule has 0 aliphatic rings. The Labute approximate surface area is 213 Å².